The minimum absolute atomic E-state index is 0.122. The third-order valence-electron chi connectivity index (χ3n) is 3.98. The number of anilines is 1. The Morgan fingerprint density at radius 3 is 2.46 bits per heavy atom. The first-order valence-corrected chi connectivity index (χ1v) is 9.47. The highest BCUT2D eigenvalue weighted by molar-refractivity contribution is 7.90. The number of hydrogen-bond donors (Lipinski definition) is 1. The average Bonchev–Trinajstić information content (AvgIpc) is 2.81. The Morgan fingerprint density at radius 2 is 1.85 bits per heavy atom. The second kappa shape index (κ2) is 6.38. The monoisotopic (exact) mass is 374 g/mol. The molecule has 6 nitrogen and oxygen atoms in total. The Morgan fingerprint density at radius 1 is 1.19 bits per heavy atom. The van der Waals surface area contributed by atoms with Crippen molar-refractivity contribution in [3.8, 4) is 0 Å². The Bertz CT molecular complexity index is 1010. The highest BCUT2D eigenvalue weighted by Gasteiger charge is 2.32. The molecule has 2 aromatic carbocycles. The van der Waals surface area contributed by atoms with Crippen molar-refractivity contribution in [3.05, 3.63) is 66.0 Å². The Balaban J connectivity index is 1.79. The number of nitrogens with one attached hydrogen (secondary N) is 1. The predicted molar refractivity (Wildman–Crippen MR) is 94.7 cm³/mol. The van der Waals surface area contributed by atoms with Crippen molar-refractivity contribution in [1.82, 2.24) is 4.90 Å². The highest BCUT2D eigenvalue weighted by atomic mass is 32.2. The summed E-state index contributed by atoms with van der Waals surface area (Å²) in [6, 6.07) is 9.94. The summed E-state index contributed by atoms with van der Waals surface area (Å²) < 4.78 is 37.0. The molecule has 0 aromatic heterocycles. The molecule has 1 aliphatic rings. The second-order valence-electron chi connectivity index (χ2n) is 5.85. The van der Waals surface area contributed by atoms with Crippen molar-refractivity contribution in [1.29, 1.82) is 0 Å². The lowest BCUT2D eigenvalue weighted by Crippen LogP contribution is -2.33. The summed E-state index contributed by atoms with van der Waals surface area (Å²) in [6.07, 6.45) is 0.982. The fourth-order valence-corrected chi connectivity index (χ4v) is 3.31. The molecule has 0 fully saturated rings. The number of carbonyl (C=O) groups excluding carboxylic acids is 2. The molecule has 0 atom stereocenters. The maximum atomic E-state index is 13.9. The molecule has 26 heavy (non-hydrogen) atoms. The van der Waals surface area contributed by atoms with Gasteiger partial charge in [-0.3, -0.25) is 14.5 Å². The lowest BCUT2D eigenvalue weighted by Gasteiger charge is -2.17. The van der Waals surface area contributed by atoms with Gasteiger partial charge in [0.25, 0.3) is 5.91 Å². The molecule has 0 spiro atoms. The van der Waals surface area contributed by atoms with Crippen molar-refractivity contribution in [2.45, 2.75) is 4.90 Å². The van der Waals surface area contributed by atoms with Crippen LogP contribution in [0.1, 0.15) is 15.9 Å². The van der Waals surface area contributed by atoms with Gasteiger partial charge < -0.3 is 5.32 Å². The van der Waals surface area contributed by atoms with Gasteiger partial charge in [-0.05, 0) is 24.3 Å². The van der Waals surface area contributed by atoms with Crippen LogP contribution >= 0.6 is 0 Å². The van der Waals surface area contributed by atoms with E-state index in [4.69, 9.17) is 0 Å². The van der Waals surface area contributed by atoms with Gasteiger partial charge in [-0.15, -0.1) is 0 Å². The van der Waals surface area contributed by atoms with E-state index in [9.17, 15) is 22.4 Å². The van der Waals surface area contributed by atoms with E-state index < -0.39 is 21.6 Å². The third kappa shape index (κ3) is 3.23. The quantitative estimate of drug-likeness (QED) is 0.833. The van der Waals surface area contributed by atoms with Crippen molar-refractivity contribution >= 4 is 33.0 Å². The fourth-order valence-electron chi connectivity index (χ4n) is 2.67. The first kappa shape index (κ1) is 17.8. The van der Waals surface area contributed by atoms with E-state index in [0.29, 0.717) is 16.8 Å². The molecular formula is C18H15FN2O4S. The SMILES string of the molecule is C=C1c2ccccc2C(=O)N1CC(=O)Nc1cc(S(C)(=O)=O)ccc1F. The van der Waals surface area contributed by atoms with E-state index in [1.165, 1.54) is 4.90 Å². The van der Waals surface area contributed by atoms with E-state index in [1.54, 1.807) is 24.3 Å². The number of halogens is 1. The zero-order valence-corrected chi connectivity index (χ0v) is 14.6. The average molecular weight is 374 g/mol. The van der Waals surface area contributed by atoms with Gasteiger partial charge in [-0.1, -0.05) is 24.8 Å². The van der Waals surface area contributed by atoms with Crippen LogP contribution in [0, 0.1) is 5.82 Å². The molecule has 8 heteroatoms. The largest absolute Gasteiger partial charge is 0.322 e. The Kier molecular flexibility index (Phi) is 4.37. The summed E-state index contributed by atoms with van der Waals surface area (Å²) in [5.74, 6) is -1.82. The number of fused-ring (bicyclic) bond motifs is 1. The van der Waals surface area contributed by atoms with Gasteiger partial charge in [0.1, 0.15) is 12.4 Å². The lowest BCUT2D eigenvalue weighted by atomic mass is 10.1. The van der Waals surface area contributed by atoms with Gasteiger partial charge in [0.15, 0.2) is 9.84 Å². The van der Waals surface area contributed by atoms with Gasteiger partial charge in [-0.2, -0.15) is 0 Å². The molecule has 2 amide bonds. The van der Waals surface area contributed by atoms with Crippen LogP contribution in [-0.4, -0.2) is 37.9 Å². The van der Waals surface area contributed by atoms with Crippen molar-refractivity contribution in [2.75, 3.05) is 18.1 Å². The van der Waals surface area contributed by atoms with Crippen LogP contribution in [0.4, 0.5) is 10.1 Å². The van der Waals surface area contributed by atoms with Gasteiger partial charge >= 0.3 is 0 Å². The number of hydrogen-bond acceptors (Lipinski definition) is 4. The summed E-state index contributed by atoms with van der Waals surface area (Å²) in [5, 5.41) is 2.30. The van der Waals surface area contributed by atoms with Gasteiger partial charge in [0.05, 0.1) is 10.6 Å². The Labute approximate surface area is 149 Å². The standard InChI is InChI=1S/C18H15FN2O4S/c1-11-13-5-3-4-6-14(13)18(23)21(11)10-17(22)20-16-9-12(26(2,24)25)7-8-15(16)19/h3-9H,1,10H2,2H3,(H,20,22). The number of rotatable bonds is 4. The number of amides is 2. The van der Waals surface area contributed by atoms with E-state index in [1.807, 2.05) is 0 Å². The molecule has 0 saturated heterocycles. The zero-order chi connectivity index (χ0) is 19.1. The summed E-state index contributed by atoms with van der Waals surface area (Å²) in [5.41, 5.74) is 1.19. The number of benzene rings is 2. The smallest absolute Gasteiger partial charge is 0.259 e. The van der Waals surface area contributed by atoms with Crippen LogP contribution < -0.4 is 5.32 Å². The molecule has 2 aromatic rings. The van der Waals surface area contributed by atoms with Crippen LogP contribution in [-0.2, 0) is 14.6 Å². The van der Waals surface area contributed by atoms with Crippen LogP contribution in [0.5, 0.6) is 0 Å². The number of nitrogens with zero attached hydrogens (tertiary/aromatic N) is 1. The summed E-state index contributed by atoms with van der Waals surface area (Å²) >= 11 is 0. The van der Waals surface area contributed by atoms with Crippen LogP contribution in [0.2, 0.25) is 0 Å². The van der Waals surface area contributed by atoms with E-state index in [-0.39, 0.29) is 23.0 Å². The number of carbonyl (C=O) groups is 2. The molecule has 3 rings (SSSR count). The molecule has 1 N–H and O–H groups in total. The molecule has 0 aliphatic carbocycles. The Hall–Kier alpha value is -3.00. The van der Waals surface area contributed by atoms with Crippen molar-refractivity contribution in [3.63, 3.8) is 0 Å². The minimum atomic E-state index is -3.55. The maximum absolute atomic E-state index is 13.9. The van der Waals surface area contributed by atoms with E-state index >= 15 is 0 Å². The molecule has 1 heterocycles. The maximum Gasteiger partial charge on any atom is 0.259 e. The van der Waals surface area contributed by atoms with Crippen molar-refractivity contribution in [2.24, 2.45) is 0 Å². The number of sulfone groups is 1. The molecule has 1 aliphatic heterocycles. The first-order chi connectivity index (χ1) is 12.2. The molecule has 0 radical (unpaired) electrons. The van der Waals surface area contributed by atoms with Gasteiger partial charge in [0.2, 0.25) is 5.91 Å². The molecule has 134 valence electrons. The molecule has 0 unspecified atom stereocenters. The summed E-state index contributed by atoms with van der Waals surface area (Å²) in [7, 11) is -3.55. The molecule has 0 bridgehead atoms. The molecule has 0 saturated carbocycles. The summed E-state index contributed by atoms with van der Waals surface area (Å²) in [6.45, 7) is 3.46. The van der Waals surface area contributed by atoms with Crippen LogP contribution in [0.3, 0.4) is 0 Å². The topological polar surface area (TPSA) is 83.6 Å². The lowest BCUT2D eigenvalue weighted by molar-refractivity contribution is -0.116. The third-order valence-corrected chi connectivity index (χ3v) is 5.09. The highest BCUT2D eigenvalue weighted by Crippen LogP contribution is 2.31. The van der Waals surface area contributed by atoms with E-state index in [0.717, 1.165) is 24.5 Å². The summed E-state index contributed by atoms with van der Waals surface area (Å²) in [4.78, 5) is 25.7. The first-order valence-electron chi connectivity index (χ1n) is 7.58. The normalized spacial score (nSPS) is 13.7. The zero-order valence-electron chi connectivity index (χ0n) is 13.8. The van der Waals surface area contributed by atoms with Gasteiger partial charge in [-0.25, -0.2) is 12.8 Å². The molecular weight excluding hydrogens is 359 g/mol. The fraction of sp³-hybridized carbons (Fsp3) is 0.111. The van der Waals surface area contributed by atoms with E-state index in [2.05, 4.69) is 11.9 Å². The second-order valence-corrected chi connectivity index (χ2v) is 7.86. The minimum Gasteiger partial charge on any atom is -0.322 e. The predicted octanol–water partition coefficient (Wildman–Crippen LogP) is 2.29. The van der Waals surface area contributed by atoms with Gasteiger partial charge in [0, 0.05) is 23.1 Å². The van der Waals surface area contributed by atoms with Crippen LogP contribution in [0.15, 0.2) is 53.9 Å². The van der Waals surface area contributed by atoms with Crippen molar-refractivity contribution < 1.29 is 22.4 Å². The van der Waals surface area contributed by atoms with Crippen LogP contribution in [0.25, 0.3) is 5.70 Å².